The highest BCUT2D eigenvalue weighted by molar-refractivity contribution is 5.94. The van der Waals surface area contributed by atoms with Gasteiger partial charge >= 0.3 is 0 Å². The third-order valence-corrected chi connectivity index (χ3v) is 3.83. The number of carbonyl (C=O) groups excluding carboxylic acids is 1. The Morgan fingerprint density at radius 2 is 1.88 bits per heavy atom. The number of ether oxygens (including phenoxy) is 1. The third kappa shape index (κ3) is 5.37. The maximum absolute atomic E-state index is 12.5. The van der Waals surface area contributed by atoms with Crippen LogP contribution in [-0.4, -0.2) is 33.5 Å². The van der Waals surface area contributed by atoms with Crippen molar-refractivity contribution >= 4 is 5.91 Å². The highest BCUT2D eigenvalue weighted by Crippen LogP contribution is 2.13. The number of nitrogens with one attached hydrogen (secondary N) is 1. The molecule has 1 aromatic carbocycles. The largest absolute Gasteiger partial charge is 0.494 e. The number of nitrogens with zero attached hydrogens (tertiary/aromatic N) is 3. The minimum atomic E-state index is -0.0963. The lowest BCUT2D eigenvalue weighted by Gasteiger charge is -2.22. The fraction of sp³-hybridized carbons (Fsp3) is 0.500. The zero-order chi connectivity index (χ0) is 17.4. The van der Waals surface area contributed by atoms with E-state index in [1.807, 2.05) is 12.1 Å². The van der Waals surface area contributed by atoms with Crippen molar-refractivity contribution in [3.63, 3.8) is 0 Å². The lowest BCUT2D eigenvalue weighted by Crippen LogP contribution is -2.42. The van der Waals surface area contributed by atoms with Crippen molar-refractivity contribution in [3.05, 3.63) is 42.2 Å². The van der Waals surface area contributed by atoms with Crippen LogP contribution in [0.2, 0.25) is 0 Å². The molecule has 1 atom stereocenters. The Morgan fingerprint density at radius 3 is 2.46 bits per heavy atom. The summed E-state index contributed by atoms with van der Waals surface area (Å²) in [5.41, 5.74) is 0.622. The van der Waals surface area contributed by atoms with Gasteiger partial charge < -0.3 is 10.1 Å². The molecular formula is C18H26N4O2. The number of carbonyl (C=O) groups is 1. The normalized spacial score (nSPS) is 12.2. The molecule has 0 fully saturated rings. The summed E-state index contributed by atoms with van der Waals surface area (Å²) >= 11 is 0. The van der Waals surface area contributed by atoms with Crippen LogP contribution in [0.25, 0.3) is 0 Å². The molecule has 1 aromatic heterocycles. The summed E-state index contributed by atoms with van der Waals surface area (Å²) in [6.45, 7) is 7.52. The van der Waals surface area contributed by atoms with Gasteiger partial charge in [-0.2, -0.15) is 15.0 Å². The Balaban J connectivity index is 1.94. The summed E-state index contributed by atoms with van der Waals surface area (Å²) in [6, 6.07) is 7.22. The predicted molar refractivity (Wildman–Crippen MR) is 93.0 cm³/mol. The van der Waals surface area contributed by atoms with E-state index in [4.69, 9.17) is 4.74 Å². The lowest BCUT2D eigenvalue weighted by molar-refractivity contribution is 0.0918. The van der Waals surface area contributed by atoms with Crippen molar-refractivity contribution in [2.24, 2.45) is 5.92 Å². The Kier molecular flexibility index (Phi) is 6.78. The zero-order valence-electron chi connectivity index (χ0n) is 14.6. The van der Waals surface area contributed by atoms with E-state index in [1.165, 1.54) is 0 Å². The van der Waals surface area contributed by atoms with Crippen LogP contribution in [0, 0.1) is 5.92 Å². The summed E-state index contributed by atoms with van der Waals surface area (Å²) in [7, 11) is 0. The van der Waals surface area contributed by atoms with Crippen molar-refractivity contribution in [1.82, 2.24) is 20.3 Å². The highest BCUT2D eigenvalue weighted by Gasteiger charge is 2.18. The first kappa shape index (κ1) is 18.0. The molecule has 1 unspecified atom stereocenters. The van der Waals surface area contributed by atoms with E-state index in [0.717, 1.165) is 18.6 Å². The maximum atomic E-state index is 12.5. The topological polar surface area (TPSA) is 69.0 Å². The minimum Gasteiger partial charge on any atom is -0.494 e. The van der Waals surface area contributed by atoms with Crippen LogP contribution in [0.5, 0.6) is 5.75 Å². The molecule has 2 rings (SSSR count). The first-order valence-corrected chi connectivity index (χ1v) is 8.48. The Bertz CT molecular complexity index is 608. The Labute approximate surface area is 143 Å². The van der Waals surface area contributed by atoms with Crippen LogP contribution in [-0.2, 0) is 6.54 Å². The summed E-state index contributed by atoms with van der Waals surface area (Å²) in [5, 5.41) is 11.3. The van der Waals surface area contributed by atoms with Crippen LogP contribution in [0.3, 0.4) is 0 Å². The summed E-state index contributed by atoms with van der Waals surface area (Å²) < 4.78 is 5.62. The number of benzene rings is 1. The molecule has 0 bridgehead atoms. The first-order valence-electron chi connectivity index (χ1n) is 8.48. The first-order chi connectivity index (χ1) is 11.6. The van der Waals surface area contributed by atoms with Crippen LogP contribution in [0.4, 0.5) is 0 Å². The van der Waals surface area contributed by atoms with Crippen molar-refractivity contribution in [2.75, 3.05) is 6.61 Å². The van der Waals surface area contributed by atoms with E-state index in [-0.39, 0.29) is 17.9 Å². The minimum absolute atomic E-state index is 0.0367. The van der Waals surface area contributed by atoms with Gasteiger partial charge in [-0.15, -0.1) is 0 Å². The quantitative estimate of drug-likeness (QED) is 0.718. The molecular weight excluding hydrogens is 304 g/mol. The second-order valence-corrected chi connectivity index (χ2v) is 6.13. The van der Waals surface area contributed by atoms with Crippen LogP contribution < -0.4 is 10.1 Å². The molecule has 0 aliphatic heterocycles. The SMILES string of the molecule is CCCCOc1ccc(C(=O)NC(Cn2nccn2)C(C)C)cc1. The van der Waals surface area contributed by atoms with Crippen molar-refractivity contribution < 1.29 is 9.53 Å². The van der Waals surface area contributed by atoms with Gasteiger partial charge in [-0.3, -0.25) is 4.79 Å². The number of hydrogen-bond acceptors (Lipinski definition) is 4. The van der Waals surface area contributed by atoms with Gasteiger partial charge in [0.25, 0.3) is 5.91 Å². The van der Waals surface area contributed by atoms with E-state index in [1.54, 1.807) is 29.3 Å². The van der Waals surface area contributed by atoms with E-state index in [0.29, 0.717) is 18.7 Å². The summed E-state index contributed by atoms with van der Waals surface area (Å²) in [4.78, 5) is 14.1. The smallest absolute Gasteiger partial charge is 0.251 e. The van der Waals surface area contributed by atoms with Crippen LogP contribution in [0.15, 0.2) is 36.7 Å². The molecule has 24 heavy (non-hydrogen) atoms. The zero-order valence-corrected chi connectivity index (χ0v) is 14.6. The molecule has 0 aliphatic rings. The van der Waals surface area contributed by atoms with Crippen LogP contribution >= 0.6 is 0 Å². The lowest BCUT2D eigenvalue weighted by atomic mass is 10.0. The standard InChI is InChI=1S/C18H26N4O2/c1-4-5-12-24-16-8-6-15(7-9-16)18(23)21-17(14(2)3)13-22-19-10-11-20-22/h6-11,14,17H,4-5,12-13H2,1-3H3,(H,21,23). The van der Waals surface area contributed by atoms with Gasteiger partial charge in [0.2, 0.25) is 0 Å². The van der Waals surface area contributed by atoms with E-state index in [9.17, 15) is 4.79 Å². The predicted octanol–water partition coefficient (Wildman–Crippen LogP) is 2.91. The van der Waals surface area contributed by atoms with E-state index >= 15 is 0 Å². The number of amides is 1. The highest BCUT2D eigenvalue weighted by atomic mass is 16.5. The number of aromatic nitrogens is 3. The Morgan fingerprint density at radius 1 is 1.21 bits per heavy atom. The molecule has 6 heteroatoms. The molecule has 0 spiro atoms. The third-order valence-electron chi connectivity index (χ3n) is 3.83. The summed E-state index contributed by atoms with van der Waals surface area (Å²) in [5.74, 6) is 0.971. The maximum Gasteiger partial charge on any atom is 0.251 e. The molecule has 0 aliphatic carbocycles. The van der Waals surface area contributed by atoms with Gasteiger partial charge in [0, 0.05) is 5.56 Å². The number of unbranched alkanes of at least 4 members (excludes halogenated alkanes) is 1. The molecule has 6 nitrogen and oxygen atoms in total. The van der Waals surface area contributed by atoms with Crippen molar-refractivity contribution in [3.8, 4) is 5.75 Å². The van der Waals surface area contributed by atoms with E-state index in [2.05, 4.69) is 36.3 Å². The second-order valence-electron chi connectivity index (χ2n) is 6.13. The average Bonchev–Trinajstić information content (AvgIpc) is 3.08. The van der Waals surface area contributed by atoms with Gasteiger partial charge in [-0.25, -0.2) is 0 Å². The number of hydrogen-bond donors (Lipinski definition) is 1. The molecule has 1 N–H and O–H groups in total. The summed E-state index contributed by atoms with van der Waals surface area (Å²) in [6.07, 6.45) is 5.40. The number of rotatable bonds is 9. The molecule has 130 valence electrons. The van der Waals surface area contributed by atoms with Gasteiger partial charge in [-0.05, 0) is 36.6 Å². The average molecular weight is 330 g/mol. The monoisotopic (exact) mass is 330 g/mol. The van der Waals surface area contributed by atoms with E-state index < -0.39 is 0 Å². The molecule has 1 amide bonds. The van der Waals surface area contributed by atoms with Crippen LogP contribution in [0.1, 0.15) is 44.0 Å². The fourth-order valence-corrected chi connectivity index (χ4v) is 2.23. The fourth-order valence-electron chi connectivity index (χ4n) is 2.23. The Hall–Kier alpha value is -2.37. The van der Waals surface area contributed by atoms with Gasteiger partial charge in [-0.1, -0.05) is 27.2 Å². The van der Waals surface area contributed by atoms with Gasteiger partial charge in [0.1, 0.15) is 5.75 Å². The van der Waals surface area contributed by atoms with Gasteiger partial charge in [0.05, 0.1) is 31.6 Å². The molecule has 1 heterocycles. The van der Waals surface area contributed by atoms with Gasteiger partial charge in [0.15, 0.2) is 0 Å². The molecule has 0 saturated heterocycles. The molecule has 0 saturated carbocycles. The second kappa shape index (κ2) is 9.05. The molecule has 2 aromatic rings. The van der Waals surface area contributed by atoms with Crippen molar-refractivity contribution in [1.29, 1.82) is 0 Å². The molecule has 0 radical (unpaired) electrons. The van der Waals surface area contributed by atoms with Crippen molar-refractivity contribution in [2.45, 2.75) is 46.2 Å².